The van der Waals surface area contributed by atoms with E-state index in [1.165, 1.54) is 0 Å². The van der Waals surface area contributed by atoms with Crippen molar-refractivity contribution in [3.63, 3.8) is 0 Å². The summed E-state index contributed by atoms with van der Waals surface area (Å²) in [6.45, 7) is 0.644. The van der Waals surface area contributed by atoms with Crippen molar-refractivity contribution in [1.29, 1.82) is 0 Å². The monoisotopic (exact) mass is 335 g/mol. The summed E-state index contributed by atoms with van der Waals surface area (Å²) in [5.41, 5.74) is 3.72. The van der Waals surface area contributed by atoms with Crippen molar-refractivity contribution in [1.82, 2.24) is 9.55 Å². The van der Waals surface area contributed by atoms with Gasteiger partial charge in [-0.15, -0.1) is 0 Å². The van der Waals surface area contributed by atoms with Gasteiger partial charge < -0.3 is 15.0 Å². The van der Waals surface area contributed by atoms with Gasteiger partial charge in [-0.2, -0.15) is 0 Å². The number of carbonyl (C=O) groups excluding carboxylic acids is 1. The number of rotatable bonds is 5. The number of carboxylic acid groups (broad SMARTS) is 1. The Morgan fingerprint density at radius 1 is 1.16 bits per heavy atom. The molecule has 4 rings (SSSR count). The van der Waals surface area contributed by atoms with Crippen LogP contribution >= 0.6 is 0 Å². The zero-order chi connectivity index (χ0) is 17.4. The van der Waals surface area contributed by atoms with Gasteiger partial charge in [-0.25, -0.2) is 4.98 Å². The lowest BCUT2D eigenvalue weighted by atomic mass is 10.2. The largest absolute Gasteiger partial charge is 0.481 e. The summed E-state index contributed by atoms with van der Waals surface area (Å²) in [4.78, 5) is 27.4. The number of nitrogens with one attached hydrogen (secondary N) is 1. The summed E-state index contributed by atoms with van der Waals surface area (Å²) in [7, 11) is 0. The first-order chi connectivity index (χ1) is 12.1. The van der Waals surface area contributed by atoms with E-state index in [4.69, 9.17) is 5.11 Å². The van der Waals surface area contributed by atoms with E-state index in [9.17, 15) is 9.59 Å². The summed E-state index contributed by atoms with van der Waals surface area (Å²) in [6.07, 6.45) is 2.22. The lowest BCUT2D eigenvalue weighted by Crippen LogP contribution is -2.16. The van der Waals surface area contributed by atoms with Gasteiger partial charge in [0, 0.05) is 12.2 Å². The molecule has 1 heterocycles. The van der Waals surface area contributed by atoms with Crippen LogP contribution in [0.3, 0.4) is 0 Å². The van der Waals surface area contributed by atoms with E-state index >= 15 is 0 Å². The minimum Gasteiger partial charge on any atom is -0.481 e. The maximum absolute atomic E-state index is 12.1. The summed E-state index contributed by atoms with van der Waals surface area (Å²) >= 11 is 0. The van der Waals surface area contributed by atoms with Crippen molar-refractivity contribution in [2.24, 2.45) is 11.8 Å². The third-order valence-electron chi connectivity index (χ3n) is 4.52. The van der Waals surface area contributed by atoms with Gasteiger partial charge in [0.1, 0.15) is 0 Å². The fourth-order valence-electron chi connectivity index (χ4n) is 3.07. The molecular weight excluding hydrogens is 318 g/mol. The van der Waals surface area contributed by atoms with Crippen LogP contribution in [0.4, 0.5) is 5.69 Å². The average Bonchev–Trinajstić information content (AvgIpc) is 3.32. The molecule has 0 saturated heterocycles. The number of anilines is 1. The molecule has 2 unspecified atom stereocenters. The Hall–Kier alpha value is -3.15. The van der Waals surface area contributed by atoms with E-state index < -0.39 is 17.8 Å². The first-order valence-electron chi connectivity index (χ1n) is 8.14. The zero-order valence-electron chi connectivity index (χ0n) is 13.4. The molecule has 6 heteroatoms. The number of amides is 1. The van der Waals surface area contributed by atoms with Gasteiger partial charge in [0.05, 0.1) is 29.2 Å². The molecule has 1 aromatic heterocycles. The maximum Gasteiger partial charge on any atom is 0.307 e. The Kier molecular flexibility index (Phi) is 3.72. The average molecular weight is 335 g/mol. The van der Waals surface area contributed by atoms with Crippen molar-refractivity contribution < 1.29 is 14.7 Å². The van der Waals surface area contributed by atoms with Crippen LogP contribution in [0.2, 0.25) is 0 Å². The van der Waals surface area contributed by atoms with Crippen molar-refractivity contribution in [2.75, 3.05) is 5.32 Å². The van der Waals surface area contributed by atoms with E-state index in [1.54, 1.807) is 6.33 Å². The Morgan fingerprint density at radius 2 is 2.00 bits per heavy atom. The molecule has 3 aromatic rings. The van der Waals surface area contributed by atoms with Gasteiger partial charge in [0.2, 0.25) is 5.91 Å². The molecule has 25 heavy (non-hydrogen) atoms. The first kappa shape index (κ1) is 15.4. The van der Waals surface area contributed by atoms with Crippen molar-refractivity contribution >= 4 is 28.6 Å². The molecule has 6 nitrogen and oxygen atoms in total. The molecule has 2 N–H and O–H groups in total. The van der Waals surface area contributed by atoms with Gasteiger partial charge >= 0.3 is 5.97 Å². The number of hydrogen-bond donors (Lipinski definition) is 2. The van der Waals surface area contributed by atoms with Crippen LogP contribution in [0.15, 0.2) is 54.9 Å². The number of benzene rings is 2. The lowest BCUT2D eigenvalue weighted by Gasteiger charge is -2.08. The van der Waals surface area contributed by atoms with Crippen LogP contribution in [0, 0.1) is 11.8 Å². The summed E-state index contributed by atoms with van der Waals surface area (Å²) in [5, 5.41) is 11.7. The van der Waals surface area contributed by atoms with Crippen LogP contribution in [0.5, 0.6) is 0 Å². The molecule has 0 radical (unpaired) electrons. The quantitative estimate of drug-likeness (QED) is 0.751. The minimum atomic E-state index is -0.902. The predicted molar refractivity (Wildman–Crippen MR) is 93.1 cm³/mol. The second-order valence-electron chi connectivity index (χ2n) is 6.34. The number of nitrogens with zero attached hydrogens (tertiary/aromatic N) is 2. The summed E-state index contributed by atoms with van der Waals surface area (Å²) < 4.78 is 2.05. The summed E-state index contributed by atoms with van der Waals surface area (Å²) in [5.74, 6) is -2.09. The molecular formula is C19H17N3O3. The smallest absolute Gasteiger partial charge is 0.307 e. The van der Waals surface area contributed by atoms with Gasteiger partial charge in [-0.3, -0.25) is 9.59 Å². The molecule has 2 atom stereocenters. The van der Waals surface area contributed by atoms with Crippen molar-refractivity contribution in [3.8, 4) is 0 Å². The van der Waals surface area contributed by atoms with E-state index in [0.29, 0.717) is 18.7 Å². The second-order valence-corrected chi connectivity index (χ2v) is 6.34. The van der Waals surface area contributed by atoms with E-state index in [2.05, 4.69) is 14.9 Å². The molecule has 1 saturated carbocycles. The lowest BCUT2D eigenvalue weighted by molar-refractivity contribution is -0.139. The van der Waals surface area contributed by atoms with E-state index in [-0.39, 0.29) is 5.91 Å². The van der Waals surface area contributed by atoms with Crippen LogP contribution in [-0.2, 0) is 16.1 Å². The molecule has 1 aliphatic carbocycles. The Bertz CT molecular complexity index is 963. The second kappa shape index (κ2) is 6.05. The molecule has 126 valence electrons. The molecule has 2 aromatic carbocycles. The number of imidazole rings is 1. The van der Waals surface area contributed by atoms with Gasteiger partial charge in [-0.05, 0) is 36.2 Å². The van der Waals surface area contributed by atoms with Crippen molar-refractivity contribution in [2.45, 2.75) is 13.0 Å². The number of para-hydroxylation sites is 2. The predicted octanol–water partition coefficient (Wildman–Crippen LogP) is 2.74. The SMILES string of the molecule is O=C(O)C1CC1C(=O)Nc1cccc(Cn2cnc3ccccc32)c1. The van der Waals surface area contributed by atoms with E-state index in [1.807, 2.05) is 48.5 Å². The third-order valence-corrected chi connectivity index (χ3v) is 4.52. The highest BCUT2D eigenvalue weighted by molar-refractivity contribution is 5.98. The number of hydrogen-bond acceptors (Lipinski definition) is 3. The normalized spacial score (nSPS) is 18.9. The van der Waals surface area contributed by atoms with Gasteiger partial charge in [-0.1, -0.05) is 24.3 Å². The number of carbonyl (C=O) groups is 2. The summed E-state index contributed by atoms with van der Waals surface area (Å²) in [6, 6.07) is 15.5. The zero-order valence-corrected chi connectivity index (χ0v) is 13.4. The molecule has 1 aliphatic rings. The molecule has 0 spiro atoms. The van der Waals surface area contributed by atoms with Crippen LogP contribution in [0.25, 0.3) is 11.0 Å². The van der Waals surface area contributed by atoms with Crippen molar-refractivity contribution in [3.05, 3.63) is 60.4 Å². The molecule has 0 bridgehead atoms. The van der Waals surface area contributed by atoms with Gasteiger partial charge in [0.15, 0.2) is 0 Å². The van der Waals surface area contributed by atoms with E-state index in [0.717, 1.165) is 16.6 Å². The van der Waals surface area contributed by atoms with Crippen LogP contribution < -0.4 is 5.32 Å². The highest BCUT2D eigenvalue weighted by atomic mass is 16.4. The van der Waals surface area contributed by atoms with Crippen LogP contribution in [-0.4, -0.2) is 26.5 Å². The molecule has 0 aliphatic heterocycles. The number of carboxylic acids is 1. The Labute approximate surface area is 144 Å². The standard InChI is InChI=1S/C19H17N3O3/c23-18(14-9-15(14)19(24)25)21-13-5-3-4-12(8-13)10-22-11-20-16-6-1-2-7-17(16)22/h1-8,11,14-15H,9-10H2,(H,21,23)(H,24,25). The van der Waals surface area contributed by atoms with Gasteiger partial charge in [0.25, 0.3) is 0 Å². The minimum absolute atomic E-state index is 0.224. The molecule has 1 amide bonds. The third kappa shape index (κ3) is 3.10. The number of fused-ring (bicyclic) bond motifs is 1. The topological polar surface area (TPSA) is 84.2 Å². The van der Waals surface area contributed by atoms with Crippen LogP contribution in [0.1, 0.15) is 12.0 Å². The molecule has 1 fully saturated rings. The Balaban J connectivity index is 1.48. The fraction of sp³-hybridized carbons (Fsp3) is 0.211. The Morgan fingerprint density at radius 3 is 2.80 bits per heavy atom. The fourth-order valence-corrected chi connectivity index (χ4v) is 3.07. The first-order valence-corrected chi connectivity index (χ1v) is 8.14. The maximum atomic E-state index is 12.1. The number of aromatic nitrogens is 2. The number of aliphatic carboxylic acids is 1. The highest BCUT2D eigenvalue weighted by Crippen LogP contribution is 2.39. The highest BCUT2D eigenvalue weighted by Gasteiger charge is 2.48.